The van der Waals surface area contributed by atoms with Gasteiger partial charge in [0, 0.05) is 12.1 Å². The van der Waals surface area contributed by atoms with E-state index in [9.17, 15) is 17.6 Å². The van der Waals surface area contributed by atoms with E-state index in [0.29, 0.717) is 0 Å². The van der Waals surface area contributed by atoms with Crippen LogP contribution in [0.4, 0.5) is 28.9 Å². The third-order valence-electron chi connectivity index (χ3n) is 2.09. The Morgan fingerprint density at radius 2 is 0.944 bits per heavy atom. The van der Waals surface area contributed by atoms with Gasteiger partial charge in [-0.15, -0.1) is 0 Å². The molecule has 2 aromatic carbocycles. The van der Waals surface area contributed by atoms with Gasteiger partial charge in [0.15, 0.2) is 23.3 Å². The predicted molar refractivity (Wildman–Crippen MR) is 56.9 cm³/mol. The number of halogens is 4. The SMILES string of the molecule is Fc1ccc(N=Nc2ccc(F)c(F)c2)cc1F. The van der Waals surface area contributed by atoms with Gasteiger partial charge in [-0.1, -0.05) is 0 Å². The zero-order valence-corrected chi connectivity index (χ0v) is 8.87. The van der Waals surface area contributed by atoms with Crippen LogP contribution in [0.2, 0.25) is 0 Å². The predicted octanol–water partition coefficient (Wildman–Crippen LogP) is 4.66. The molecule has 0 saturated carbocycles. The molecule has 18 heavy (non-hydrogen) atoms. The minimum absolute atomic E-state index is 0.0682. The summed E-state index contributed by atoms with van der Waals surface area (Å²) in [7, 11) is 0. The Hall–Kier alpha value is -2.24. The molecule has 0 spiro atoms. The molecule has 0 aliphatic carbocycles. The molecule has 0 aliphatic rings. The highest BCUT2D eigenvalue weighted by molar-refractivity contribution is 5.40. The molecular formula is C12H6F4N2. The molecule has 0 bridgehead atoms. The molecule has 0 radical (unpaired) electrons. The first-order valence-corrected chi connectivity index (χ1v) is 4.88. The number of benzene rings is 2. The van der Waals surface area contributed by atoms with Gasteiger partial charge in [0.05, 0.1) is 11.4 Å². The van der Waals surface area contributed by atoms with Crippen LogP contribution >= 0.6 is 0 Å². The van der Waals surface area contributed by atoms with Gasteiger partial charge < -0.3 is 0 Å². The topological polar surface area (TPSA) is 24.7 Å². The number of azo groups is 1. The highest BCUT2D eigenvalue weighted by atomic mass is 19.2. The lowest BCUT2D eigenvalue weighted by Crippen LogP contribution is -1.81. The first-order valence-electron chi connectivity index (χ1n) is 4.88. The van der Waals surface area contributed by atoms with Crippen molar-refractivity contribution >= 4 is 11.4 Å². The molecule has 2 nitrogen and oxygen atoms in total. The summed E-state index contributed by atoms with van der Waals surface area (Å²) in [6, 6.07) is 5.91. The van der Waals surface area contributed by atoms with Crippen LogP contribution in [-0.4, -0.2) is 0 Å². The first kappa shape index (κ1) is 12.2. The Labute approximate surface area is 99.6 Å². The fraction of sp³-hybridized carbons (Fsp3) is 0. The van der Waals surface area contributed by atoms with Crippen LogP contribution in [0.15, 0.2) is 46.6 Å². The second-order valence-electron chi connectivity index (χ2n) is 3.40. The third-order valence-corrected chi connectivity index (χ3v) is 2.09. The maximum absolute atomic E-state index is 12.8. The lowest BCUT2D eigenvalue weighted by atomic mass is 10.3. The summed E-state index contributed by atoms with van der Waals surface area (Å²) in [5.41, 5.74) is 0.136. The lowest BCUT2D eigenvalue weighted by Gasteiger charge is -1.96. The fourth-order valence-electron chi connectivity index (χ4n) is 1.21. The molecule has 2 aromatic rings. The molecule has 0 saturated heterocycles. The Balaban J connectivity index is 2.24. The van der Waals surface area contributed by atoms with Crippen molar-refractivity contribution in [2.45, 2.75) is 0 Å². The van der Waals surface area contributed by atoms with Crippen molar-refractivity contribution < 1.29 is 17.6 Å². The van der Waals surface area contributed by atoms with E-state index in [1.54, 1.807) is 0 Å². The number of rotatable bonds is 2. The van der Waals surface area contributed by atoms with Crippen molar-refractivity contribution in [3.63, 3.8) is 0 Å². The average Bonchev–Trinajstić information content (AvgIpc) is 2.35. The standard InChI is InChI=1S/C12H6F4N2/c13-9-3-1-7(5-11(9)15)17-18-8-2-4-10(14)12(16)6-8/h1-6H. The quantitative estimate of drug-likeness (QED) is 0.550. The summed E-state index contributed by atoms with van der Waals surface area (Å²) >= 11 is 0. The summed E-state index contributed by atoms with van der Waals surface area (Å²) in [5.74, 6) is -4.11. The van der Waals surface area contributed by atoms with Crippen molar-refractivity contribution in [3.05, 3.63) is 59.7 Å². The highest BCUT2D eigenvalue weighted by Gasteiger charge is 2.03. The van der Waals surface area contributed by atoms with Crippen LogP contribution in [0.5, 0.6) is 0 Å². The molecule has 0 aliphatic heterocycles. The highest BCUT2D eigenvalue weighted by Crippen LogP contribution is 2.21. The molecule has 0 aromatic heterocycles. The van der Waals surface area contributed by atoms with E-state index in [2.05, 4.69) is 10.2 Å². The molecule has 0 unspecified atom stereocenters. The molecule has 92 valence electrons. The molecular weight excluding hydrogens is 248 g/mol. The largest absolute Gasteiger partial charge is 0.204 e. The van der Waals surface area contributed by atoms with Crippen LogP contribution < -0.4 is 0 Å². The second kappa shape index (κ2) is 4.95. The molecule has 2 rings (SSSR count). The van der Waals surface area contributed by atoms with Crippen molar-refractivity contribution in [1.29, 1.82) is 0 Å². The van der Waals surface area contributed by atoms with E-state index in [1.807, 2.05) is 0 Å². The zero-order valence-electron chi connectivity index (χ0n) is 8.87. The first-order chi connectivity index (χ1) is 8.56. The zero-order chi connectivity index (χ0) is 13.1. The van der Waals surface area contributed by atoms with Crippen molar-refractivity contribution in [2.24, 2.45) is 10.2 Å². The summed E-state index contributed by atoms with van der Waals surface area (Å²) < 4.78 is 50.9. The van der Waals surface area contributed by atoms with Gasteiger partial charge in [-0.05, 0) is 24.3 Å². The summed E-state index contributed by atoms with van der Waals surface area (Å²) in [6.07, 6.45) is 0. The van der Waals surface area contributed by atoms with Crippen LogP contribution in [0.3, 0.4) is 0 Å². The van der Waals surface area contributed by atoms with Crippen molar-refractivity contribution in [3.8, 4) is 0 Å². The van der Waals surface area contributed by atoms with E-state index >= 15 is 0 Å². The lowest BCUT2D eigenvalue weighted by molar-refractivity contribution is 0.508. The fourth-order valence-corrected chi connectivity index (χ4v) is 1.21. The minimum atomic E-state index is -1.06. The van der Waals surface area contributed by atoms with Crippen LogP contribution in [0.25, 0.3) is 0 Å². The van der Waals surface area contributed by atoms with Gasteiger partial charge in [0.25, 0.3) is 0 Å². The maximum atomic E-state index is 12.8. The maximum Gasteiger partial charge on any atom is 0.161 e. The van der Waals surface area contributed by atoms with Crippen LogP contribution in [0.1, 0.15) is 0 Å². The van der Waals surface area contributed by atoms with Crippen molar-refractivity contribution in [1.82, 2.24) is 0 Å². The van der Waals surface area contributed by atoms with E-state index in [4.69, 9.17) is 0 Å². The molecule has 0 heterocycles. The average molecular weight is 254 g/mol. The Morgan fingerprint density at radius 1 is 0.556 bits per heavy atom. The Bertz CT molecular complexity index is 558. The Morgan fingerprint density at radius 3 is 1.28 bits per heavy atom. The number of hydrogen-bond donors (Lipinski definition) is 0. The van der Waals surface area contributed by atoms with E-state index in [0.717, 1.165) is 24.3 Å². The van der Waals surface area contributed by atoms with Gasteiger partial charge in [-0.3, -0.25) is 0 Å². The van der Waals surface area contributed by atoms with Gasteiger partial charge >= 0.3 is 0 Å². The number of hydrogen-bond acceptors (Lipinski definition) is 2. The van der Waals surface area contributed by atoms with Crippen molar-refractivity contribution in [2.75, 3.05) is 0 Å². The Kier molecular flexibility index (Phi) is 3.36. The number of nitrogens with zero attached hydrogens (tertiary/aromatic N) is 2. The molecule has 0 N–H and O–H groups in total. The molecule has 0 atom stereocenters. The van der Waals surface area contributed by atoms with E-state index < -0.39 is 23.3 Å². The monoisotopic (exact) mass is 254 g/mol. The summed E-state index contributed by atoms with van der Waals surface area (Å²) in [4.78, 5) is 0. The van der Waals surface area contributed by atoms with E-state index in [1.165, 1.54) is 12.1 Å². The van der Waals surface area contributed by atoms with Gasteiger partial charge in [0.2, 0.25) is 0 Å². The summed E-state index contributed by atoms with van der Waals surface area (Å²) in [6.45, 7) is 0. The molecule has 6 heteroatoms. The van der Waals surface area contributed by atoms with Crippen LogP contribution in [0, 0.1) is 23.3 Å². The summed E-state index contributed by atoms with van der Waals surface area (Å²) in [5, 5.41) is 7.16. The molecule has 0 fully saturated rings. The minimum Gasteiger partial charge on any atom is -0.204 e. The van der Waals surface area contributed by atoms with E-state index in [-0.39, 0.29) is 11.4 Å². The molecule has 0 amide bonds. The van der Waals surface area contributed by atoms with Gasteiger partial charge in [-0.25, -0.2) is 17.6 Å². The third kappa shape index (κ3) is 2.71. The normalized spacial score (nSPS) is 11.1. The van der Waals surface area contributed by atoms with Gasteiger partial charge in [0.1, 0.15) is 0 Å². The smallest absolute Gasteiger partial charge is 0.161 e. The van der Waals surface area contributed by atoms with Gasteiger partial charge in [-0.2, -0.15) is 10.2 Å². The second-order valence-corrected chi connectivity index (χ2v) is 3.40. The van der Waals surface area contributed by atoms with Crippen LogP contribution in [-0.2, 0) is 0 Å².